The molecule has 0 aliphatic heterocycles. The Morgan fingerprint density at radius 1 is 1.20 bits per heavy atom. The molecule has 0 spiro atoms. The van der Waals surface area contributed by atoms with E-state index in [-0.39, 0.29) is 5.69 Å². The van der Waals surface area contributed by atoms with Crippen molar-refractivity contribution in [2.75, 3.05) is 12.8 Å². The van der Waals surface area contributed by atoms with Crippen LogP contribution in [0.15, 0.2) is 48.7 Å². The number of para-hydroxylation sites is 1. The van der Waals surface area contributed by atoms with Gasteiger partial charge in [-0.2, -0.15) is 0 Å². The van der Waals surface area contributed by atoms with E-state index in [0.717, 1.165) is 11.1 Å². The molecular weight excluding hydrogens is 255 g/mol. The van der Waals surface area contributed by atoms with Crippen molar-refractivity contribution >= 4 is 16.6 Å². The van der Waals surface area contributed by atoms with E-state index in [1.807, 2.05) is 18.3 Å². The van der Waals surface area contributed by atoms with Gasteiger partial charge in [0, 0.05) is 23.3 Å². The van der Waals surface area contributed by atoms with E-state index in [9.17, 15) is 4.39 Å². The highest BCUT2D eigenvalue weighted by Gasteiger charge is 2.10. The summed E-state index contributed by atoms with van der Waals surface area (Å²) in [5.74, 6) is 0.0532. The maximum Gasteiger partial charge on any atom is 0.149 e. The highest BCUT2D eigenvalue weighted by Crippen LogP contribution is 2.26. The van der Waals surface area contributed by atoms with Gasteiger partial charge in [-0.1, -0.05) is 18.2 Å². The van der Waals surface area contributed by atoms with Gasteiger partial charge in [0.1, 0.15) is 11.6 Å². The first-order valence-corrected chi connectivity index (χ1v) is 6.35. The minimum absolute atomic E-state index is 0.136. The van der Waals surface area contributed by atoms with Crippen LogP contribution in [0.4, 0.5) is 10.1 Å². The summed E-state index contributed by atoms with van der Waals surface area (Å²) < 4.78 is 20.8. The third-order valence-electron chi connectivity index (χ3n) is 3.42. The van der Waals surface area contributed by atoms with Gasteiger partial charge in [-0.15, -0.1) is 0 Å². The molecule has 3 nitrogen and oxygen atoms in total. The Balaban J connectivity index is 2.04. The Hall–Kier alpha value is -2.49. The summed E-state index contributed by atoms with van der Waals surface area (Å²) in [5, 5.41) is 1.17. The summed E-state index contributed by atoms with van der Waals surface area (Å²) in [6.07, 6.45) is 2.00. The molecule has 0 aliphatic carbocycles. The molecular formula is C16H15FN2O. The van der Waals surface area contributed by atoms with Crippen LogP contribution in [0.3, 0.4) is 0 Å². The van der Waals surface area contributed by atoms with Crippen molar-refractivity contribution in [2.24, 2.45) is 0 Å². The van der Waals surface area contributed by atoms with E-state index in [2.05, 4.69) is 22.8 Å². The van der Waals surface area contributed by atoms with Crippen LogP contribution in [0, 0.1) is 5.82 Å². The second-order valence-corrected chi connectivity index (χ2v) is 4.69. The predicted molar refractivity (Wildman–Crippen MR) is 78.4 cm³/mol. The van der Waals surface area contributed by atoms with E-state index in [4.69, 9.17) is 10.5 Å². The van der Waals surface area contributed by atoms with E-state index in [1.54, 1.807) is 6.07 Å². The van der Waals surface area contributed by atoms with Gasteiger partial charge in [-0.25, -0.2) is 4.39 Å². The van der Waals surface area contributed by atoms with Gasteiger partial charge in [-0.05, 0) is 23.6 Å². The van der Waals surface area contributed by atoms with Gasteiger partial charge in [0.25, 0.3) is 0 Å². The summed E-state index contributed by atoms with van der Waals surface area (Å²) >= 11 is 0. The van der Waals surface area contributed by atoms with Crippen LogP contribution < -0.4 is 10.5 Å². The highest BCUT2D eigenvalue weighted by atomic mass is 19.1. The fraction of sp³-hybridized carbons (Fsp3) is 0.125. The highest BCUT2D eigenvalue weighted by molar-refractivity contribution is 5.80. The molecule has 0 saturated carbocycles. The predicted octanol–water partition coefficient (Wildman–Crippen LogP) is 3.42. The molecule has 0 fully saturated rings. The lowest BCUT2D eigenvalue weighted by molar-refractivity contribution is 0.405. The Morgan fingerprint density at radius 3 is 2.80 bits per heavy atom. The molecule has 0 amide bonds. The molecule has 102 valence electrons. The molecule has 0 aliphatic rings. The Morgan fingerprint density at radius 2 is 2.00 bits per heavy atom. The maximum atomic E-state index is 13.5. The molecule has 0 saturated heterocycles. The molecule has 1 heterocycles. The third kappa shape index (κ3) is 2.09. The van der Waals surface area contributed by atoms with E-state index >= 15 is 0 Å². The lowest BCUT2D eigenvalue weighted by Crippen LogP contribution is -2.03. The molecule has 4 heteroatoms. The minimum atomic E-state index is -0.456. The fourth-order valence-electron chi connectivity index (χ4n) is 2.39. The summed E-state index contributed by atoms with van der Waals surface area (Å²) in [6, 6.07) is 13.1. The van der Waals surface area contributed by atoms with E-state index in [1.165, 1.54) is 18.6 Å². The van der Waals surface area contributed by atoms with Crippen LogP contribution in [0.5, 0.6) is 5.75 Å². The Bertz CT molecular complexity index is 764. The summed E-state index contributed by atoms with van der Waals surface area (Å²) in [5.41, 5.74) is 7.76. The molecule has 2 aromatic carbocycles. The monoisotopic (exact) mass is 270 g/mol. The van der Waals surface area contributed by atoms with Crippen LogP contribution in [0.1, 0.15) is 5.56 Å². The van der Waals surface area contributed by atoms with Crippen LogP contribution in [0.25, 0.3) is 10.9 Å². The maximum absolute atomic E-state index is 13.5. The lowest BCUT2D eigenvalue weighted by Gasteiger charge is -2.12. The number of nitrogens with two attached hydrogens (primary N) is 1. The van der Waals surface area contributed by atoms with Crippen molar-refractivity contribution in [3.63, 3.8) is 0 Å². The number of rotatable bonds is 3. The second kappa shape index (κ2) is 4.89. The second-order valence-electron chi connectivity index (χ2n) is 4.69. The Kier molecular flexibility index (Phi) is 3.06. The third-order valence-corrected chi connectivity index (χ3v) is 3.42. The van der Waals surface area contributed by atoms with E-state index < -0.39 is 5.82 Å². The number of ether oxygens (including phenoxy) is 1. The molecule has 0 bridgehead atoms. The van der Waals surface area contributed by atoms with Gasteiger partial charge in [0.2, 0.25) is 0 Å². The van der Waals surface area contributed by atoms with Crippen molar-refractivity contribution in [1.29, 1.82) is 0 Å². The van der Waals surface area contributed by atoms with Crippen molar-refractivity contribution in [2.45, 2.75) is 6.54 Å². The molecule has 0 radical (unpaired) electrons. The lowest BCUT2D eigenvalue weighted by atomic mass is 10.1. The smallest absolute Gasteiger partial charge is 0.149 e. The summed E-state index contributed by atoms with van der Waals surface area (Å²) in [7, 11) is 1.53. The molecule has 0 unspecified atom stereocenters. The fourth-order valence-corrected chi connectivity index (χ4v) is 2.39. The van der Waals surface area contributed by atoms with Gasteiger partial charge in [0.15, 0.2) is 0 Å². The number of methoxy groups -OCH3 is 1. The van der Waals surface area contributed by atoms with Crippen LogP contribution in [0.2, 0.25) is 0 Å². The zero-order valence-corrected chi connectivity index (χ0v) is 11.1. The van der Waals surface area contributed by atoms with Crippen molar-refractivity contribution < 1.29 is 9.13 Å². The zero-order chi connectivity index (χ0) is 14.1. The topological polar surface area (TPSA) is 40.2 Å². The largest absolute Gasteiger partial charge is 0.496 e. The Labute approximate surface area is 116 Å². The minimum Gasteiger partial charge on any atom is -0.496 e. The number of fused-ring (bicyclic) bond motifs is 1. The number of hydrogen-bond acceptors (Lipinski definition) is 2. The number of benzene rings is 2. The SMILES string of the molecule is COc1cc(F)c(N)cc1Cn1ccc2ccccc21. The van der Waals surface area contributed by atoms with Crippen LogP contribution >= 0.6 is 0 Å². The summed E-state index contributed by atoms with van der Waals surface area (Å²) in [6.45, 7) is 0.584. The van der Waals surface area contributed by atoms with Crippen molar-refractivity contribution in [3.05, 3.63) is 60.0 Å². The van der Waals surface area contributed by atoms with Gasteiger partial charge < -0.3 is 15.0 Å². The van der Waals surface area contributed by atoms with E-state index in [0.29, 0.717) is 12.3 Å². The molecule has 2 N–H and O–H groups in total. The number of aromatic nitrogens is 1. The average molecular weight is 270 g/mol. The summed E-state index contributed by atoms with van der Waals surface area (Å²) in [4.78, 5) is 0. The van der Waals surface area contributed by atoms with Crippen molar-refractivity contribution in [1.82, 2.24) is 4.57 Å². The number of anilines is 1. The van der Waals surface area contributed by atoms with Crippen molar-refractivity contribution in [3.8, 4) is 5.75 Å². The number of halogens is 1. The first kappa shape index (κ1) is 12.5. The first-order valence-electron chi connectivity index (χ1n) is 6.35. The van der Waals surface area contributed by atoms with Crippen LogP contribution in [-0.4, -0.2) is 11.7 Å². The number of nitrogen functional groups attached to an aromatic ring is 1. The molecule has 1 aromatic heterocycles. The van der Waals surface area contributed by atoms with Gasteiger partial charge in [-0.3, -0.25) is 0 Å². The van der Waals surface area contributed by atoms with Gasteiger partial charge in [0.05, 0.1) is 19.3 Å². The van der Waals surface area contributed by atoms with Crippen LogP contribution in [-0.2, 0) is 6.54 Å². The molecule has 0 atom stereocenters. The standard InChI is InChI=1S/C16H15FN2O/c1-20-16-9-13(17)14(18)8-12(16)10-19-7-6-11-4-2-3-5-15(11)19/h2-9H,10,18H2,1H3. The quantitative estimate of drug-likeness (QED) is 0.741. The average Bonchev–Trinajstić information content (AvgIpc) is 2.86. The first-order chi connectivity index (χ1) is 9.69. The number of hydrogen-bond donors (Lipinski definition) is 1. The molecule has 3 rings (SSSR count). The zero-order valence-electron chi connectivity index (χ0n) is 11.1. The van der Waals surface area contributed by atoms with Gasteiger partial charge >= 0.3 is 0 Å². The number of nitrogens with zero attached hydrogens (tertiary/aromatic N) is 1. The molecule has 3 aromatic rings. The normalized spacial score (nSPS) is 10.9. The molecule has 20 heavy (non-hydrogen) atoms.